The number of halogens is 4. The van der Waals surface area contributed by atoms with Crippen molar-refractivity contribution >= 4 is 21.8 Å². The molecule has 0 fully saturated rings. The molecule has 9 heteroatoms. The molecule has 1 N–H and O–H groups in total. The van der Waals surface area contributed by atoms with Gasteiger partial charge >= 0.3 is 6.18 Å². The molecule has 0 saturated heterocycles. The van der Waals surface area contributed by atoms with Crippen LogP contribution in [0.2, 0.25) is 0 Å². The number of carbonyl (C=O) groups is 1. The van der Waals surface area contributed by atoms with Gasteiger partial charge in [0.1, 0.15) is 0 Å². The summed E-state index contributed by atoms with van der Waals surface area (Å²) in [6.07, 6.45) is -1.41. The minimum Gasteiger partial charge on any atom is -0.350 e. The Balaban J connectivity index is 2.02. The van der Waals surface area contributed by atoms with Crippen LogP contribution in [0.3, 0.4) is 0 Å². The maximum Gasteiger partial charge on any atom is 0.417 e. The van der Waals surface area contributed by atoms with E-state index in [1.54, 1.807) is 6.20 Å². The van der Waals surface area contributed by atoms with Crippen LogP contribution < -0.4 is 5.32 Å². The third-order valence-electron chi connectivity index (χ3n) is 2.63. The van der Waals surface area contributed by atoms with Gasteiger partial charge in [0.2, 0.25) is 0 Å². The van der Waals surface area contributed by atoms with Crippen LogP contribution in [0.4, 0.5) is 13.2 Å². The van der Waals surface area contributed by atoms with Crippen molar-refractivity contribution in [3.8, 4) is 0 Å². The lowest BCUT2D eigenvalue weighted by atomic mass is 10.1. The minimum atomic E-state index is -4.52. The minimum absolute atomic E-state index is 0.0517. The van der Waals surface area contributed by atoms with Crippen LogP contribution in [-0.2, 0) is 12.7 Å². The number of benzene rings is 1. The molecule has 0 atom stereocenters. The van der Waals surface area contributed by atoms with E-state index in [1.165, 1.54) is 23.0 Å². The molecule has 0 bridgehead atoms. The van der Waals surface area contributed by atoms with Crippen molar-refractivity contribution in [2.45, 2.75) is 12.7 Å². The van der Waals surface area contributed by atoms with E-state index in [0.717, 1.165) is 6.07 Å². The molecule has 0 aliphatic rings. The van der Waals surface area contributed by atoms with Crippen LogP contribution in [0.5, 0.6) is 0 Å². The molecule has 0 aliphatic carbocycles. The largest absolute Gasteiger partial charge is 0.417 e. The van der Waals surface area contributed by atoms with Crippen molar-refractivity contribution in [2.24, 2.45) is 0 Å². The molecular formula is C12H10BrF3N4O. The molecule has 2 rings (SSSR count). The van der Waals surface area contributed by atoms with Crippen LogP contribution in [0.15, 0.2) is 35.1 Å². The number of carbonyl (C=O) groups excluding carboxylic acids is 1. The monoisotopic (exact) mass is 362 g/mol. The van der Waals surface area contributed by atoms with Crippen LogP contribution in [0.1, 0.15) is 15.9 Å². The van der Waals surface area contributed by atoms with Gasteiger partial charge in [-0.25, -0.2) is 0 Å². The first kappa shape index (κ1) is 15.5. The van der Waals surface area contributed by atoms with Crippen LogP contribution in [0, 0.1) is 0 Å². The predicted molar refractivity (Wildman–Crippen MR) is 71.5 cm³/mol. The maximum absolute atomic E-state index is 12.7. The van der Waals surface area contributed by atoms with Crippen molar-refractivity contribution in [2.75, 3.05) is 6.54 Å². The van der Waals surface area contributed by atoms with Gasteiger partial charge < -0.3 is 5.32 Å². The molecule has 0 aliphatic heterocycles. The van der Waals surface area contributed by atoms with Gasteiger partial charge in [0, 0.05) is 22.8 Å². The number of hydrogen-bond donors (Lipinski definition) is 1. The Bertz CT molecular complexity index is 628. The fourth-order valence-corrected chi connectivity index (χ4v) is 2.09. The molecule has 2 aromatic rings. The predicted octanol–water partition coefficient (Wildman–Crippen LogP) is 2.49. The Morgan fingerprint density at radius 2 is 2.14 bits per heavy atom. The van der Waals surface area contributed by atoms with Gasteiger partial charge in [-0.3, -0.25) is 9.48 Å². The standard InChI is InChI=1S/C12H10BrF3N4O/c13-10-2-1-8(7-9(10)12(14,15)16)11(21)17-3-5-20-6-4-18-19-20/h1-2,4,6-7H,3,5H2,(H,17,21). The molecule has 0 radical (unpaired) electrons. The maximum atomic E-state index is 12.7. The number of aromatic nitrogens is 3. The number of rotatable bonds is 4. The SMILES string of the molecule is O=C(NCCn1ccnn1)c1ccc(Br)c(C(F)(F)F)c1. The van der Waals surface area contributed by atoms with Gasteiger partial charge in [-0.2, -0.15) is 13.2 Å². The third-order valence-corrected chi connectivity index (χ3v) is 3.32. The zero-order chi connectivity index (χ0) is 15.5. The number of nitrogens with zero attached hydrogens (tertiary/aromatic N) is 3. The van der Waals surface area contributed by atoms with Gasteiger partial charge in [0.15, 0.2) is 0 Å². The lowest BCUT2D eigenvalue weighted by Gasteiger charge is -2.11. The summed E-state index contributed by atoms with van der Waals surface area (Å²) in [5.74, 6) is -0.576. The van der Waals surface area contributed by atoms with E-state index in [0.29, 0.717) is 6.54 Å². The molecule has 5 nitrogen and oxygen atoms in total. The zero-order valence-corrected chi connectivity index (χ0v) is 12.1. The van der Waals surface area contributed by atoms with Crippen molar-refractivity contribution in [3.63, 3.8) is 0 Å². The highest BCUT2D eigenvalue weighted by Gasteiger charge is 2.33. The second-order valence-electron chi connectivity index (χ2n) is 4.11. The molecule has 1 aromatic heterocycles. The van der Waals surface area contributed by atoms with Gasteiger partial charge in [-0.15, -0.1) is 5.10 Å². The van der Waals surface area contributed by atoms with E-state index in [4.69, 9.17) is 0 Å². The number of nitrogens with one attached hydrogen (secondary N) is 1. The zero-order valence-electron chi connectivity index (χ0n) is 10.6. The van der Waals surface area contributed by atoms with Crippen molar-refractivity contribution in [1.29, 1.82) is 0 Å². The highest BCUT2D eigenvalue weighted by Crippen LogP contribution is 2.35. The number of amides is 1. The molecule has 0 unspecified atom stereocenters. The summed E-state index contributed by atoms with van der Waals surface area (Å²) in [5.41, 5.74) is -0.935. The van der Waals surface area contributed by atoms with Crippen LogP contribution in [-0.4, -0.2) is 27.4 Å². The van der Waals surface area contributed by atoms with E-state index in [9.17, 15) is 18.0 Å². The summed E-state index contributed by atoms with van der Waals surface area (Å²) in [6, 6.07) is 3.34. The Hall–Kier alpha value is -1.90. The summed E-state index contributed by atoms with van der Waals surface area (Å²) >= 11 is 2.82. The van der Waals surface area contributed by atoms with Crippen LogP contribution in [0.25, 0.3) is 0 Å². The lowest BCUT2D eigenvalue weighted by molar-refractivity contribution is -0.138. The van der Waals surface area contributed by atoms with Crippen LogP contribution >= 0.6 is 15.9 Å². The van der Waals surface area contributed by atoms with E-state index >= 15 is 0 Å². The molecule has 1 heterocycles. The molecule has 1 amide bonds. The second kappa shape index (κ2) is 6.25. The van der Waals surface area contributed by atoms with Crippen molar-refractivity contribution in [1.82, 2.24) is 20.3 Å². The number of alkyl halides is 3. The van der Waals surface area contributed by atoms with Crippen molar-refractivity contribution in [3.05, 3.63) is 46.2 Å². The van der Waals surface area contributed by atoms with E-state index in [1.807, 2.05) is 0 Å². The van der Waals surface area contributed by atoms with E-state index in [2.05, 4.69) is 31.6 Å². The topological polar surface area (TPSA) is 59.8 Å². The fourth-order valence-electron chi connectivity index (χ4n) is 1.62. The Morgan fingerprint density at radius 3 is 2.76 bits per heavy atom. The Labute approximate surface area is 126 Å². The Kier molecular flexibility index (Phi) is 4.61. The average Bonchev–Trinajstić information content (AvgIpc) is 2.91. The number of hydrogen-bond acceptors (Lipinski definition) is 3. The third kappa shape index (κ3) is 4.03. The lowest BCUT2D eigenvalue weighted by Crippen LogP contribution is -2.27. The van der Waals surface area contributed by atoms with E-state index in [-0.39, 0.29) is 16.6 Å². The first-order valence-electron chi connectivity index (χ1n) is 5.87. The molecule has 0 spiro atoms. The van der Waals surface area contributed by atoms with Gasteiger partial charge in [-0.05, 0) is 18.2 Å². The highest BCUT2D eigenvalue weighted by molar-refractivity contribution is 9.10. The molecular weight excluding hydrogens is 353 g/mol. The molecule has 1 aromatic carbocycles. The normalized spacial score (nSPS) is 11.4. The summed E-state index contributed by atoms with van der Waals surface area (Å²) < 4.78 is 39.6. The van der Waals surface area contributed by atoms with E-state index < -0.39 is 17.6 Å². The first-order valence-corrected chi connectivity index (χ1v) is 6.66. The second-order valence-corrected chi connectivity index (χ2v) is 4.97. The quantitative estimate of drug-likeness (QED) is 0.908. The fraction of sp³-hybridized carbons (Fsp3) is 0.250. The first-order chi connectivity index (χ1) is 9.88. The average molecular weight is 363 g/mol. The molecule has 21 heavy (non-hydrogen) atoms. The summed E-state index contributed by atoms with van der Waals surface area (Å²) in [5, 5.41) is 9.83. The smallest absolute Gasteiger partial charge is 0.350 e. The molecule has 0 saturated carbocycles. The Morgan fingerprint density at radius 1 is 1.38 bits per heavy atom. The summed E-state index contributed by atoms with van der Waals surface area (Å²) in [7, 11) is 0. The van der Waals surface area contributed by atoms with Gasteiger partial charge in [0.05, 0.1) is 18.3 Å². The van der Waals surface area contributed by atoms with Crippen molar-refractivity contribution < 1.29 is 18.0 Å². The summed E-state index contributed by atoms with van der Waals surface area (Å²) in [6.45, 7) is 0.619. The molecule has 112 valence electrons. The highest BCUT2D eigenvalue weighted by atomic mass is 79.9. The van der Waals surface area contributed by atoms with Gasteiger partial charge in [-0.1, -0.05) is 21.1 Å². The van der Waals surface area contributed by atoms with Gasteiger partial charge in [0.25, 0.3) is 5.91 Å². The summed E-state index contributed by atoms with van der Waals surface area (Å²) in [4.78, 5) is 11.8.